The molecule has 1 aliphatic rings. The number of carbonyl (C=O) groups is 1. The third kappa shape index (κ3) is 2.41. The number of nitrogens with zero attached hydrogens (tertiary/aromatic N) is 1. The molecule has 2 rings (SSSR count). The number of aromatic nitrogens is 2. The second-order valence-electron chi connectivity index (χ2n) is 3.15. The smallest absolute Gasteiger partial charge is 0.316 e. The fourth-order valence-corrected chi connectivity index (χ4v) is 3.04. The normalized spacial score (nSPS) is 13.6. The molecule has 0 fully saturated rings. The number of thioether (sulfide) groups is 2. The van der Waals surface area contributed by atoms with Crippen molar-refractivity contribution in [3.8, 4) is 0 Å². The van der Waals surface area contributed by atoms with Gasteiger partial charge in [0.05, 0.1) is 18.6 Å². The molecule has 0 atom stereocenters. The summed E-state index contributed by atoms with van der Waals surface area (Å²) in [6, 6.07) is 0. The highest BCUT2D eigenvalue weighted by molar-refractivity contribution is 7.99. The van der Waals surface area contributed by atoms with Gasteiger partial charge in [0, 0.05) is 17.1 Å². The summed E-state index contributed by atoms with van der Waals surface area (Å²) in [5, 5.41) is 0.483. The van der Waals surface area contributed by atoms with Gasteiger partial charge in [-0.2, -0.15) is 11.8 Å². The van der Waals surface area contributed by atoms with Gasteiger partial charge in [0.15, 0.2) is 5.16 Å². The van der Waals surface area contributed by atoms with Crippen molar-refractivity contribution >= 4 is 29.5 Å². The highest BCUT2D eigenvalue weighted by Gasteiger charge is 2.17. The lowest BCUT2D eigenvalue weighted by Gasteiger charge is -2.02. The minimum atomic E-state index is -0.331. The van der Waals surface area contributed by atoms with E-state index in [-0.39, 0.29) is 17.3 Å². The Morgan fingerprint density at radius 1 is 1.62 bits per heavy atom. The largest absolute Gasteiger partial charge is 0.468 e. The average Bonchev–Trinajstić information content (AvgIpc) is 2.74. The van der Waals surface area contributed by atoms with Gasteiger partial charge in [-0.05, 0) is 0 Å². The number of nitrogens with one attached hydrogen (secondary N) is 1. The third-order valence-electron chi connectivity index (χ3n) is 2.12. The lowest BCUT2D eigenvalue weighted by Crippen LogP contribution is -2.15. The fourth-order valence-electron chi connectivity index (χ4n) is 1.29. The molecule has 0 amide bonds. The van der Waals surface area contributed by atoms with Gasteiger partial charge >= 0.3 is 5.97 Å². The molecule has 1 aromatic heterocycles. The summed E-state index contributed by atoms with van der Waals surface area (Å²) in [6.45, 7) is 0. The number of H-pyrrole nitrogens is 1. The van der Waals surface area contributed by atoms with E-state index in [0.29, 0.717) is 5.16 Å². The van der Waals surface area contributed by atoms with Crippen molar-refractivity contribution in [3.05, 3.63) is 21.6 Å². The number of hydrogen-bond acceptors (Lipinski definition) is 6. The van der Waals surface area contributed by atoms with Gasteiger partial charge in [-0.3, -0.25) is 9.59 Å². The summed E-state index contributed by atoms with van der Waals surface area (Å²) in [7, 11) is 1.33. The number of fused-ring (bicyclic) bond motifs is 1. The molecule has 16 heavy (non-hydrogen) atoms. The zero-order chi connectivity index (χ0) is 11.5. The van der Waals surface area contributed by atoms with Crippen LogP contribution in [0.5, 0.6) is 0 Å². The molecule has 0 radical (unpaired) electrons. The molecule has 1 N–H and O–H groups in total. The maximum absolute atomic E-state index is 11.6. The molecular weight excluding hydrogens is 248 g/mol. The number of aromatic amines is 1. The Bertz CT molecular complexity index is 472. The van der Waals surface area contributed by atoms with Crippen LogP contribution in [0.4, 0.5) is 0 Å². The Kier molecular flexibility index (Phi) is 3.55. The summed E-state index contributed by atoms with van der Waals surface area (Å²) >= 11 is 2.85. The summed E-state index contributed by atoms with van der Waals surface area (Å²) in [5.41, 5.74) is 1.50. The van der Waals surface area contributed by atoms with E-state index in [0.717, 1.165) is 22.8 Å². The van der Waals surface area contributed by atoms with Gasteiger partial charge in [0.25, 0.3) is 5.56 Å². The minimum absolute atomic E-state index is 0.0950. The molecule has 0 bridgehead atoms. The number of ether oxygens (including phenoxy) is 1. The van der Waals surface area contributed by atoms with Crippen LogP contribution in [-0.4, -0.2) is 28.8 Å². The lowest BCUT2D eigenvalue weighted by atomic mass is 10.3. The molecule has 0 spiro atoms. The summed E-state index contributed by atoms with van der Waals surface area (Å²) in [4.78, 5) is 29.5. The summed E-state index contributed by atoms with van der Waals surface area (Å²) in [6.07, 6.45) is 0. The molecule has 7 heteroatoms. The molecule has 0 aromatic carbocycles. The maximum atomic E-state index is 11.6. The topological polar surface area (TPSA) is 72.0 Å². The van der Waals surface area contributed by atoms with Crippen molar-refractivity contribution in [3.63, 3.8) is 0 Å². The highest BCUT2D eigenvalue weighted by Crippen LogP contribution is 2.26. The first-order valence-corrected chi connectivity index (χ1v) is 6.74. The fraction of sp³-hybridized carbons (Fsp3) is 0.444. The van der Waals surface area contributed by atoms with Crippen molar-refractivity contribution < 1.29 is 9.53 Å². The van der Waals surface area contributed by atoms with E-state index in [1.54, 1.807) is 11.8 Å². The standard InChI is InChI=1S/C9H10N2O3S2/c1-14-7(12)4-16-9-10-6-3-15-2-5(6)8(13)11-9/h2-4H2,1H3,(H,10,11,13). The molecule has 1 aliphatic heterocycles. The molecule has 5 nitrogen and oxygen atoms in total. The number of rotatable bonds is 3. The second-order valence-corrected chi connectivity index (χ2v) is 5.10. The lowest BCUT2D eigenvalue weighted by molar-refractivity contribution is -0.137. The molecule has 2 heterocycles. The predicted octanol–water partition coefficient (Wildman–Crippen LogP) is 0.782. The third-order valence-corrected chi connectivity index (χ3v) is 3.94. The van der Waals surface area contributed by atoms with E-state index in [2.05, 4.69) is 14.7 Å². The van der Waals surface area contributed by atoms with Gasteiger partial charge < -0.3 is 9.72 Å². The minimum Gasteiger partial charge on any atom is -0.468 e. The van der Waals surface area contributed by atoms with Crippen LogP contribution < -0.4 is 5.56 Å². The highest BCUT2D eigenvalue weighted by atomic mass is 32.2. The SMILES string of the molecule is COC(=O)CSc1nc2c(c(=O)[nH]1)CSC2. The van der Waals surface area contributed by atoms with Crippen molar-refractivity contribution in [2.75, 3.05) is 12.9 Å². The van der Waals surface area contributed by atoms with Crippen LogP contribution in [0, 0.1) is 0 Å². The maximum Gasteiger partial charge on any atom is 0.316 e. The van der Waals surface area contributed by atoms with Crippen molar-refractivity contribution in [2.45, 2.75) is 16.7 Å². The molecule has 0 aliphatic carbocycles. The molecule has 86 valence electrons. The van der Waals surface area contributed by atoms with E-state index in [1.807, 2.05) is 0 Å². The van der Waals surface area contributed by atoms with Crippen molar-refractivity contribution in [1.29, 1.82) is 0 Å². The quantitative estimate of drug-likeness (QED) is 0.491. The molecule has 1 aromatic rings. The van der Waals surface area contributed by atoms with E-state index < -0.39 is 0 Å². The second kappa shape index (κ2) is 4.92. The van der Waals surface area contributed by atoms with Gasteiger partial charge in [0.1, 0.15) is 0 Å². The van der Waals surface area contributed by atoms with Crippen LogP contribution in [0.3, 0.4) is 0 Å². The Hall–Kier alpha value is -0.950. The predicted molar refractivity (Wildman–Crippen MR) is 62.6 cm³/mol. The van der Waals surface area contributed by atoms with E-state index >= 15 is 0 Å². The first kappa shape index (κ1) is 11.5. The number of methoxy groups -OCH3 is 1. The summed E-state index contributed by atoms with van der Waals surface area (Å²) < 4.78 is 4.51. The molecular formula is C9H10N2O3S2. The van der Waals surface area contributed by atoms with Crippen LogP contribution in [0.2, 0.25) is 0 Å². The zero-order valence-corrected chi connectivity index (χ0v) is 10.2. The number of carbonyl (C=O) groups excluding carboxylic acids is 1. The average molecular weight is 258 g/mol. The van der Waals surface area contributed by atoms with Gasteiger partial charge in [-0.25, -0.2) is 4.98 Å². The van der Waals surface area contributed by atoms with Crippen LogP contribution in [-0.2, 0) is 21.0 Å². The first-order valence-electron chi connectivity index (χ1n) is 4.60. The van der Waals surface area contributed by atoms with Crippen LogP contribution in [0.1, 0.15) is 11.3 Å². The van der Waals surface area contributed by atoms with Crippen LogP contribution in [0.25, 0.3) is 0 Å². The first-order chi connectivity index (χ1) is 7.70. The summed E-state index contributed by atoms with van der Waals surface area (Å²) in [5.74, 6) is 1.32. The van der Waals surface area contributed by atoms with Crippen molar-refractivity contribution in [1.82, 2.24) is 9.97 Å². The molecule has 0 unspecified atom stereocenters. The molecule has 0 saturated heterocycles. The van der Waals surface area contributed by atoms with Crippen molar-refractivity contribution in [2.24, 2.45) is 0 Å². The van der Waals surface area contributed by atoms with E-state index in [4.69, 9.17) is 0 Å². The zero-order valence-electron chi connectivity index (χ0n) is 8.61. The van der Waals surface area contributed by atoms with E-state index in [9.17, 15) is 9.59 Å². The van der Waals surface area contributed by atoms with Gasteiger partial charge in [0.2, 0.25) is 0 Å². The van der Waals surface area contributed by atoms with Crippen LogP contribution >= 0.6 is 23.5 Å². The Morgan fingerprint density at radius 2 is 2.44 bits per heavy atom. The Morgan fingerprint density at radius 3 is 3.19 bits per heavy atom. The van der Waals surface area contributed by atoms with Gasteiger partial charge in [-0.1, -0.05) is 11.8 Å². The Labute approximate surface area is 100 Å². The Balaban J connectivity index is 2.14. The van der Waals surface area contributed by atoms with E-state index in [1.165, 1.54) is 18.9 Å². The van der Waals surface area contributed by atoms with Gasteiger partial charge in [-0.15, -0.1) is 0 Å². The number of hydrogen-bond donors (Lipinski definition) is 1. The monoisotopic (exact) mass is 258 g/mol. The van der Waals surface area contributed by atoms with Crippen LogP contribution in [0.15, 0.2) is 9.95 Å². The molecule has 0 saturated carbocycles. The number of esters is 1.